The molecule has 3 rings (SSSR count). The minimum absolute atomic E-state index is 0.0126. The average molecular weight is 393 g/mol. The second-order valence-corrected chi connectivity index (χ2v) is 6.41. The largest absolute Gasteiger partial charge is 0.507 e. The molecule has 0 saturated heterocycles. The number of fused-ring (bicyclic) bond motifs is 1. The molecule has 0 radical (unpaired) electrons. The number of rotatable bonds is 2. The summed E-state index contributed by atoms with van der Waals surface area (Å²) >= 11 is 3.22. The number of hydrogen-bond acceptors (Lipinski definition) is 4. The first-order valence-corrected chi connectivity index (χ1v) is 7.98. The van der Waals surface area contributed by atoms with Gasteiger partial charge >= 0.3 is 0 Å². The van der Waals surface area contributed by atoms with Crippen LogP contribution in [0, 0.1) is 5.82 Å². The number of phenolic OH excluding ortho intramolecular Hbond substituents is 2. The van der Waals surface area contributed by atoms with Gasteiger partial charge in [-0.25, -0.2) is 4.39 Å². The van der Waals surface area contributed by atoms with Crippen LogP contribution in [0.5, 0.6) is 17.2 Å². The van der Waals surface area contributed by atoms with Crippen molar-refractivity contribution in [1.29, 1.82) is 0 Å². The van der Waals surface area contributed by atoms with E-state index < -0.39 is 17.5 Å². The van der Waals surface area contributed by atoms with E-state index in [0.29, 0.717) is 15.6 Å². The molecule has 0 spiro atoms. The lowest BCUT2D eigenvalue weighted by molar-refractivity contribution is 0.103. The molecular formula is C18H14BrFO4. The van der Waals surface area contributed by atoms with E-state index in [2.05, 4.69) is 15.9 Å². The van der Waals surface area contributed by atoms with Gasteiger partial charge in [-0.05, 0) is 51.8 Å². The fraction of sp³-hybridized carbons (Fsp3) is 0.167. The summed E-state index contributed by atoms with van der Waals surface area (Å²) in [5.41, 5.74) is 1.19. The zero-order valence-electron chi connectivity index (χ0n) is 12.9. The highest BCUT2D eigenvalue weighted by molar-refractivity contribution is 9.10. The Balaban J connectivity index is 2.14. The first kappa shape index (κ1) is 16.5. The van der Waals surface area contributed by atoms with Gasteiger partial charge in [0.05, 0.1) is 17.1 Å². The number of halogens is 2. The Kier molecular flexibility index (Phi) is 4.09. The van der Waals surface area contributed by atoms with Gasteiger partial charge in [0.2, 0.25) is 0 Å². The van der Waals surface area contributed by atoms with Crippen LogP contribution in [0.1, 0.15) is 34.3 Å². The Labute approximate surface area is 146 Å². The molecule has 1 aliphatic carbocycles. The van der Waals surface area contributed by atoms with Crippen LogP contribution >= 0.6 is 15.9 Å². The lowest BCUT2D eigenvalue weighted by atomic mass is 9.97. The fourth-order valence-corrected chi connectivity index (χ4v) is 3.40. The molecule has 2 N–H and O–H groups in total. The predicted octanol–water partition coefficient (Wildman–Crippen LogP) is 4.39. The van der Waals surface area contributed by atoms with Crippen LogP contribution in [-0.2, 0) is 0 Å². The molecule has 0 fully saturated rings. The summed E-state index contributed by atoms with van der Waals surface area (Å²) in [4.78, 5) is 12.6. The third-order valence-electron chi connectivity index (χ3n) is 4.15. The van der Waals surface area contributed by atoms with Gasteiger partial charge in [0.1, 0.15) is 11.6 Å². The first-order chi connectivity index (χ1) is 11.3. The molecule has 6 heteroatoms. The monoisotopic (exact) mass is 392 g/mol. The Bertz CT molecular complexity index is 889. The summed E-state index contributed by atoms with van der Waals surface area (Å²) in [5.74, 6) is -1.43. The van der Waals surface area contributed by atoms with Gasteiger partial charge in [0.15, 0.2) is 17.3 Å². The number of Topliss-reactive ketones (excluding diaryl/α,β-unsaturated/α-hetero) is 1. The van der Waals surface area contributed by atoms with Crippen LogP contribution < -0.4 is 4.74 Å². The van der Waals surface area contributed by atoms with Crippen molar-refractivity contribution in [1.82, 2.24) is 0 Å². The smallest absolute Gasteiger partial charge is 0.193 e. The molecule has 0 saturated carbocycles. The molecule has 0 aromatic heterocycles. The second kappa shape index (κ2) is 5.94. The van der Waals surface area contributed by atoms with Gasteiger partial charge < -0.3 is 14.9 Å². The van der Waals surface area contributed by atoms with Gasteiger partial charge in [0, 0.05) is 17.1 Å². The number of ether oxygens (including phenoxy) is 1. The molecule has 0 aliphatic heterocycles. The van der Waals surface area contributed by atoms with Crippen LogP contribution in [0.15, 0.2) is 34.3 Å². The van der Waals surface area contributed by atoms with Crippen LogP contribution in [0.4, 0.5) is 4.39 Å². The molecule has 0 heterocycles. The van der Waals surface area contributed by atoms with Crippen molar-refractivity contribution in [2.45, 2.75) is 12.8 Å². The number of allylic oxidation sites excluding steroid dienone is 1. The molecule has 2 aromatic rings. The summed E-state index contributed by atoms with van der Waals surface area (Å²) in [6.45, 7) is 1.71. The average Bonchev–Trinajstić information content (AvgIpc) is 2.80. The number of methoxy groups -OCH3 is 1. The van der Waals surface area contributed by atoms with E-state index >= 15 is 0 Å². The maximum atomic E-state index is 14.1. The minimum atomic E-state index is -0.517. The maximum absolute atomic E-state index is 14.1. The number of benzene rings is 2. The molecule has 2 aromatic carbocycles. The van der Waals surface area contributed by atoms with Gasteiger partial charge in [-0.15, -0.1) is 0 Å². The van der Waals surface area contributed by atoms with E-state index in [-0.39, 0.29) is 28.4 Å². The van der Waals surface area contributed by atoms with Crippen molar-refractivity contribution in [2.24, 2.45) is 0 Å². The van der Waals surface area contributed by atoms with Gasteiger partial charge in [-0.2, -0.15) is 0 Å². The zero-order chi connectivity index (χ0) is 17.6. The van der Waals surface area contributed by atoms with Crippen molar-refractivity contribution < 1.29 is 24.1 Å². The van der Waals surface area contributed by atoms with E-state index in [9.17, 15) is 19.4 Å². The summed E-state index contributed by atoms with van der Waals surface area (Å²) in [6, 6.07) is 5.54. The molecular weight excluding hydrogens is 379 g/mol. The van der Waals surface area contributed by atoms with Gasteiger partial charge in [-0.3, -0.25) is 4.79 Å². The molecule has 4 nitrogen and oxygen atoms in total. The highest BCUT2D eigenvalue weighted by atomic mass is 79.9. The standard InChI is InChI=1S/C18H14BrFO4/c1-8-10(5-9-6-11(19)18(23)14(7-9)24-2)17(22)16-13(21)4-3-12(20)15(8)16/h3-8,21,23H,1-2H3/b10-5-/t8-/m0/s1. The van der Waals surface area contributed by atoms with Crippen molar-refractivity contribution in [3.63, 3.8) is 0 Å². The Morgan fingerprint density at radius 3 is 2.62 bits per heavy atom. The number of phenols is 2. The molecule has 24 heavy (non-hydrogen) atoms. The molecule has 1 aliphatic rings. The fourth-order valence-electron chi connectivity index (χ4n) is 2.94. The van der Waals surface area contributed by atoms with Crippen molar-refractivity contribution in [3.05, 3.63) is 56.8 Å². The lowest BCUT2D eigenvalue weighted by Crippen LogP contribution is -1.98. The molecule has 0 bridgehead atoms. The Morgan fingerprint density at radius 2 is 2.00 bits per heavy atom. The van der Waals surface area contributed by atoms with Gasteiger partial charge in [0.25, 0.3) is 0 Å². The number of ketones is 1. The number of carbonyl (C=O) groups is 1. The van der Waals surface area contributed by atoms with Crippen molar-refractivity contribution >= 4 is 27.8 Å². The third kappa shape index (κ3) is 2.47. The molecule has 0 unspecified atom stereocenters. The Morgan fingerprint density at radius 1 is 1.29 bits per heavy atom. The van der Waals surface area contributed by atoms with Crippen LogP contribution in [0.25, 0.3) is 6.08 Å². The summed E-state index contributed by atoms with van der Waals surface area (Å²) < 4.78 is 19.6. The molecule has 0 amide bonds. The van der Waals surface area contributed by atoms with Crippen LogP contribution in [-0.4, -0.2) is 23.1 Å². The normalized spacial score (nSPS) is 18.1. The number of aromatic hydroxyl groups is 2. The first-order valence-electron chi connectivity index (χ1n) is 7.19. The lowest BCUT2D eigenvalue weighted by Gasteiger charge is -2.09. The van der Waals surface area contributed by atoms with E-state index in [4.69, 9.17) is 4.74 Å². The maximum Gasteiger partial charge on any atom is 0.193 e. The number of carbonyl (C=O) groups excluding carboxylic acids is 1. The zero-order valence-corrected chi connectivity index (χ0v) is 14.5. The summed E-state index contributed by atoms with van der Waals surface area (Å²) in [7, 11) is 1.42. The predicted molar refractivity (Wildman–Crippen MR) is 91.1 cm³/mol. The second-order valence-electron chi connectivity index (χ2n) is 5.56. The summed E-state index contributed by atoms with van der Waals surface area (Å²) in [6.07, 6.45) is 1.61. The molecule has 1 atom stereocenters. The number of hydrogen-bond donors (Lipinski definition) is 2. The highest BCUT2D eigenvalue weighted by Gasteiger charge is 2.36. The highest BCUT2D eigenvalue weighted by Crippen LogP contribution is 2.44. The van der Waals surface area contributed by atoms with Crippen molar-refractivity contribution in [2.75, 3.05) is 7.11 Å². The van der Waals surface area contributed by atoms with Crippen LogP contribution in [0.3, 0.4) is 0 Å². The van der Waals surface area contributed by atoms with E-state index in [1.165, 1.54) is 13.2 Å². The summed E-state index contributed by atoms with van der Waals surface area (Å²) in [5, 5.41) is 19.8. The SMILES string of the molecule is COc1cc(/C=C2\C(=O)c3c(O)ccc(F)c3[C@H]2C)cc(Br)c1O. The van der Waals surface area contributed by atoms with E-state index in [1.807, 2.05) is 0 Å². The van der Waals surface area contributed by atoms with Gasteiger partial charge in [-0.1, -0.05) is 6.92 Å². The van der Waals surface area contributed by atoms with E-state index in [0.717, 1.165) is 6.07 Å². The minimum Gasteiger partial charge on any atom is -0.507 e. The topological polar surface area (TPSA) is 66.8 Å². The van der Waals surface area contributed by atoms with Crippen LogP contribution in [0.2, 0.25) is 0 Å². The Hall–Kier alpha value is -2.34. The quantitative estimate of drug-likeness (QED) is 0.743. The third-order valence-corrected chi connectivity index (χ3v) is 4.76. The van der Waals surface area contributed by atoms with Crippen molar-refractivity contribution in [3.8, 4) is 17.2 Å². The molecule has 124 valence electrons. The van der Waals surface area contributed by atoms with E-state index in [1.54, 1.807) is 25.1 Å².